The number of aryl methyl sites for hydroxylation is 1. The molecular formula is C17H20N2O4. The molecule has 1 heterocycles. The SMILES string of the molecule is COc1cc(C)c(CN(C)c2cccc(C(=O)O)n2)cc1OC. The Morgan fingerprint density at radius 3 is 2.48 bits per heavy atom. The van der Waals surface area contributed by atoms with E-state index in [1.54, 1.807) is 26.4 Å². The van der Waals surface area contributed by atoms with Gasteiger partial charge in [0.25, 0.3) is 0 Å². The monoisotopic (exact) mass is 316 g/mol. The lowest BCUT2D eigenvalue weighted by molar-refractivity contribution is 0.0690. The average molecular weight is 316 g/mol. The van der Waals surface area contributed by atoms with Crippen LogP contribution in [-0.2, 0) is 6.54 Å². The lowest BCUT2D eigenvalue weighted by Crippen LogP contribution is -2.19. The number of benzene rings is 1. The van der Waals surface area contributed by atoms with Gasteiger partial charge in [0.15, 0.2) is 17.2 Å². The van der Waals surface area contributed by atoms with Gasteiger partial charge in [-0.1, -0.05) is 6.07 Å². The molecular weight excluding hydrogens is 296 g/mol. The van der Waals surface area contributed by atoms with Gasteiger partial charge in [-0.25, -0.2) is 9.78 Å². The molecule has 0 saturated heterocycles. The summed E-state index contributed by atoms with van der Waals surface area (Å²) in [7, 11) is 5.06. The van der Waals surface area contributed by atoms with Crippen LogP contribution in [0.4, 0.5) is 5.82 Å². The zero-order chi connectivity index (χ0) is 17.0. The zero-order valence-electron chi connectivity index (χ0n) is 13.7. The van der Waals surface area contributed by atoms with Crippen LogP contribution in [-0.4, -0.2) is 37.3 Å². The Labute approximate surface area is 135 Å². The highest BCUT2D eigenvalue weighted by atomic mass is 16.5. The van der Waals surface area contributed by atoms with Crippen molar-refractivity contribution in [2.45, 2.75) is 13.5 Å². The van der Waals surface area contributed by atoms with Crippen LogP contribution in [0, 0.1) is 6.92 Å². The van der Waals surface area contributed by atoms with Crippen molar-refractivity contribution in [3.63, 3.8) is 0 Å². The number of ether oxygens (including phenoxy) is 2. The first-order chi connectivity index (χ1) is 11.0. The van der Waals surface area contributed by atoms with E-state index in [4.69, 9.17) is 14.6 Å². The summed E-state index contributed by atoms with van der Waals surface area (Å²) in [5.74, 6) is 0.901. The number of carbonyl (C=O) groups is 1. The van der Waals surface area contributed by atoms with Crippen LogP contribution in [0.5, 0.6) is 11.5 Å². The van der Waals surface area contributed by atoms with E-state index in [0.29, 0.717) is 23.9 Å². The molecule has 1 aromatic carbocycles. The summed E-state index contributed by atoms with van der Waals surface area (Å²) in [5, 5.41) is 9.04. The van der Waals surface area contributed by atoms with Gasteiger partial charge >= 0.3 is 5.97 Å². The molecule has 0 atom stereocenters. The summed E-state index contributed by atoms with van der Waals surface area (Å²) < 4.78 is 10.6. The Morgan fingerprint density at radius 1 is 1.22 bits per heavy atom. The molecule has 0 aliphatic carbocycles. The fourth-order valence-electron chi connectivity index (χ4n) is 2.28. The van der Waals surface area contributed by atoms with Crippen molar-refractivity contribution >= 4 is 11.8 Å². The number of anilines is 1. The molecule has 0 aliphatic rings. The zero-order valence-corrected chi connectivity index (χ0v) is 13.7. The Hall–Kier alpha value is -2.76. The summed E-state index contributed by atoms with van der Waals surface area (Å²) in [6, 6.07) is 8.78. The second kappa shape index (κ2) is 7.00. The number of nitrogens with zero attached hydrogens (tertiary/aromatic N) is 2. The van der Waals surface area contributed by atoms with Gasteiger partial charge < -0.3 is 19.5 Å². The maximum atomic E-state index is 11.0. The number of hydrogen-bond acceptors (Lipinski definition) is 5. The average Bonchev–Trinajstić information content (AvgIpc) is 2.56. The number of methoxy groups -OCH3 is 2. The molecule has 0 bridgehead atoms. The minimum absolute atomic E-state index is 0.0263. The van der Waals surface area contributed by atoms with E-state index in [-0.39, 0.29) is 5.69 Å². The predicted octanol–water partition coefficient (Wildman–Crippen LogP) is 2.74. The van der Waals surface area contributed by atoms with Crippen molar-refractivity contribution in [3.05, 3.63) is 47.2 Å². The van der Waals surface area contributed by atoms with E-state index in [0.717, 1.165) is 11.1 Å². The Balaban J connectivity index is 2.28. The lowest BCUT2D eigenvalue weighted by atomic mass is 10.1. The van der Waals surface area contributed by atoms with Gasteiger partial charge in [-0.15, -0.1) is 0 Å². The molecule has 1 N–H and O–H groups in total. The number of carboxylic acid groups (broad SMARTS) is 1. The van der Waals surface area contributed by atoms with Crippen molar-refractivity contribution in [2.24, 2.45) is 0 Å². The Kier molecular flexibility index (Phi) is 5.05. The van der Waals surface area contributed by atoms with Crippen LogP contribution in [0.1, 0.15) is 21.6 Å². The van der Waals surface area contributed by atoms with E-state index < -0.39 is 5.97 Å². The highest BCUT2D eigenvalue weighted by molar-refractivity contribution is 5.85. The standard InChI is InChI=1S/C17H20N2O4/c1-11-8-14(22-3)15(23-4)9-12(11)10-19(2)16-7-5-6-13(18-16)17(20)21/h5-9H,10H2,1-4H3,(H,20,21). The van der Waals surface area contributed by atoms with Crippen molar-refractivity contribution in [3.8, 4) is 11.5 Å². The van der Waals surface area contributed by atoms with Crippen LogP contribution >= 0.6 is 0 Å². The third-order valence-electron chi connectivity index (χ3n) is 3.59. The first-order valence-corrected chi connectivity index (χ1v) is 7.09. The second-order valence-electron chi connectivity index (χ2n) is 5.18. The van der Waals surface area contributed by atoms with Gasteiger partial charge in [-0.3, -0.25) is 0 Å². The fourth-order valence-corrected chi connectivity index (χ4v) is 2.28. The molecule has 6 heteroatoms. The van der Waals surface area contributed by atoms with Crippen molar-refractivity contribution in [1.82, 2.24) is 4.98 Å². The molecule has 122 valence electrons. The summed E-state index contributed by atoms with van der Waals surface area (Å²) in [6.45, 7) is 2.56. The molecule has 0 saturated carbocycles. The number of hydrogen-bond donors (Lipinski definition) is 1. The predicted molar refractivity (Wildman–Crippen MR) is 87.6 cm³/mol. The molecule has 0 spiro atoms. The lowest BCUT2D eigenvalue weighted by Gasteiger charge is -2.21. The number of pyridine rings is 1. The first-order valence-electron chi connectivity index (χ1n) is 7.09. The Morgan fingerprint density at radius 2 is 1.87 bits per heavy atom. The van der Waals surface area contributed by atoms with Gasteiger partial charge in [-0.05, 0) is 42.3 Å². The number of aromatic carboxylic acids is 1. The second-order valence-corrected chi connectivity index (χ2v) is 5.18. The van der Waals surface area contributed by atoms with E-state index >= 15 is 0 Å². The maximum absolute atomic E-state index is 11.0. The highest BCUT2D eigenvalue weighted by Crippen LogP contribution is 2.31. The largest absolute Gasteiger partial charge is 0.493 e. The minimum atomic E-state index is -1.04. The number of carboxylic acids is 1. The Bertz CT molecular complexity index is 716. The van der Waals surface area contributed by atoms with Gasteiger partial charge in [-0.2, -0.15) is 0 Å². The molecule has 2 aromatic rings. The molecule has 0 radical (unpaired) electrons. The molecule has 6 nitrogen and oxygen atoms in total. The van der Waals surface area contributed by atoms with E-state index in [9.17, 15) is 4.79 Å². The van der Waals surface area contributed by atoms with Crippen molar-refractivity contribution < 1.29 is 19.4 Å². The molecule has 0 aliphatic heterocycles. The maximum Gasteiger partial charge on any atom is 0.354 e. The summed E-state index contributed by atoms with van der Waals surface area (Å²) in [5.41, 5.74) is 2.13. The van der Waals surface area contributed by atoms with Crippen molar-refractivity contribution in [1.29, 1.82) is 0 Å². The molecule has 1 aromatic heterocycles. The quantitative estimate of drug-likeness (QED) is 0.883. The van der Waals surface area contributed by atoms with Crippen molar-refractivity contribution in [2.75, 3.05) is 26.2 Å². The van der Waals surface area contributed by atoms with Crippen LogP contribution in [0.25, 0.3) is 0 Å². The highest BCUT2D eigenvalue weighted by Gasteiger charge is 2.12. The van der Waals surface area contributed by atoms with Gasteiger partial charge in [0.1, 0.15) is 5.82 Å². The van der Waals surface area contributed by atoms with Crippen LogP contribution in [0.2, 0.25) is 0 Å². The van der Waals surface area contributed by atoms with Gasteiger partial charge in [0.05, 0.1) is 14.2 Å². The third-order valence-corrected chi connectivity index (χ3v) is 3.59. The van der Waals surface area contributed by atoms with Gasteiger partial charge in [0.2, 0.25) is 0 Å². The van der Waals surface area contributed by atoms with E-state index in [1.807, 2.05) is 31.0 Å². The number of aromatic nitrogens is 1. The summed E-state index contributed by atoms with van der Waals surface area (Å²) in [4.78, 5) is 17.1. The van der Waals surface area contributed by atoms with Crippen LogP contribution in [0.3, 0.4) is 0 Å². The smallest absolute Gasteiger partial charge is 0.354 e. The minimum Gasteiger partial charge on any atom is -0.493 e. The van der Waals surface area contributed by atoms with E-state index in [2.05, 4.69) is 4.98 Å². The number of rotatable bonds is 6. The molecule has 0 fully saturated rings. The molecule has 0 amide bonds. The van der Waals surface area contributed by atoms with Crippen LogP contribution in [0.15, 0.2) is 30.3 Å². The fraction of sp³-hybridized carbons (Fsp3) is 0.294. The molecule has 23 heavy (non-hydrogen) atoms. The van der Waals surface area contributed by atoms with E-state index in [1.165, 1.54) is 6.07 Å². The summed E-state index contributed by atoms with van der Waals surface area (Å²) in [6.07, 6.45) is 0. The molecule has 2 rings (SSSR count). The topological polar surface area (TPSA) is 71.9 Å². The van der Waals surface area contributed by atoms with Gasteiger partial charge in [0, 0.05) is 13.6 Å². The van der Waals surface area contributed by atoms with Crippen LogP contribution < -0.4 is 14.4 Å². The molecule has 0 unspecified atom stereocenters. The normalized spacial score (nSPS) is 10.3. The third kappa shape index (κ3) is 3.71. The first kappa shape index (κ1) is 16.6. The summed E-state index contributed by atoms with van der Waals surface area (Å²) >= 11 is 0.